The molecule has 0 bridgehead atoms. The molecule has 1 fully saturated rings. The Bertz CT molecular complexity index is 657. The lowest BCUT2D eigenvalue weighted by Crippen LogP contribution is -2.38. The molecule has 0 aromatic heterocycles. The Balaban J connectivity index is 1.81. The van der Waals surface area contributed by atoms with E-state index in [-0.39, 0.29) is 5.82 Å². The Kier molecular flexibility index (Phi) is 5.78. The summed E-state index contributed by atoms with van der Waals surface area (Å²) in [5.74, 6) is -0.200. The average Bonchev–Trinajstić information content (AvgIpc) is 2.64. The van der Waals surface area contributed by atoms with Crippen molar-refractivity contribution in [1.29, 1.82) is 0 Å². The molecule has 0 amide bonds. The van der Waals surface area contributed by atoms with Crippen LogP contribution in [0.5, 0.6) is 0 Å². The summed E-state index contributed by atoms with van der Waals surface area (Å²) in [5, 5.41) is 0. The fraction of sp³-hybridized carbons (Fsp3) is 0.333. The Hall–Kier alpha value is -1.97. The first-order valence-corrected chi connectivity index (χ1v) is 8.57. The highest BCUT2D eigenvalue weighted by Gasteiger charge is 2.21. The minimum absolute atomic E-state index is 0.200. The molecule has 1 atom stereocenters. The van der Waals surface area contributed by atoms with Crippen LogP contribution in [0.4, 0.5) is 4.39 Å². The zero-order valence-electron chi connectivity index (χ0n) is 14.1. The van der Waals surface area contributed by atoms with Gasteiger partial charge >= 0.3 is 0 Å². The third-order valence-electron chi connectivity index (χ3n) is 4.55. The lowest BCUT2D eigenvalue weighted by molar-refractivity contribution is 0.0166. The first-order valence-electron chi connectivity index (χ1n) is 8.57. The summed E-state index contributed by atoms with van der Waals surface area (Å²) in [6.07, 6.45) is 5.35. The van der Waals surface area contributed by atoms with Crippen molar-refractivity contribution >= 4 is 0 Å². The van der Waals surface area contributed by atoms with E-state index < -0.39 is 0 Å². The quantitative estimate of drug-likeness (QED) is 0.730. The van der Waals surface area contributed by atoms with Gasteiger partial charge in [0.25, 0.3) is 0 Å². The molecule has 0 spiro atoms. The number of hydrogen-bond donors (Lipinski definition) is 0. The topological polar surface area (TPSA) is 12.5 Å². The maximum atomic E-state index is 13.1. The number of hydrogen-bond acceptors (Lipinski definition) is 2. The third-order valence-corrected chi connectivity index (χ3v) is 4.55. The molecule has 2 aromatic carbocycles. The van der Waals surface area contributed by atoms with Crippen LogP contribution in [0.1, 0.15) is 24.9 Å². The number of morpholine rings is 1. The van der Waals surface area contributed by atoms with Crippen molar-refractivity contribution in [2.45, 2.75) is 19.4 Å². The van der Waals surface area contributed by atoms with Crippen molar-refractivity contribution in [1.82, 2.24) is 4.90 Å². The molecule has 1 unspecified atom stereocenters. The van der Waals surface area contributed by atoms with Crippen LogP contribution in [-0.4, -0.2) is 31.2 Å². The second kappa shape index (κ2) is 8.22. The molecule has 0 radical (unpaired) electrons. The molecule has 3 heteroatoms. The van der Waals surface area contributed by atoms with Gasteiger partial charge in [0.15, 0.2) is 0 Å². The Morgan fingerprint density at radius 2 is 1.58 bits per heavy atom. The summed E-state index contributed by atoms with van der Waals surface area (Å²) in [7, 11) is 0. The molecule has 24 heavy (non-hydrogen) atoms. The highest BCUT2D eigenvalue weighted by Crippen LogP contribution is 2.28. The molecule has 2 aromatic rings. The van der Waals surface area contributed by atoms with Crippen molar-refractivity contribution in [2.75, 3.05) is 26.3 Å². The van der Waals surface area contributed by atoms with Gasteiger partial charge in [0, 0.05) is 19.1 Å². The highest BCUT2D eigenvalue weighted by molar-refractivity contribution is 5.63. The smallest absolute Gasteiger partial charge is 0.123 e. The zero-order valence-corrected chi connectivity index (χ0v) is 14.1. The van der Waals surface area contributed by atoms with Gasteiger partial charge in [-0.25, -0.2) is 4.39 Å². The lowest BCUT2D eigenvalue weighted by atomic mass is 9.97. The third kappa shape index (κ3) is 4.11. The van der Waals surface area contributed by atoms with Crippen LogP contribution in [0.25, 0.3) is 11.1 Å². The van der Waals surface area contributed by atoms with E-state index >= 15 is 0 Å². The molecule has 1 aliphatic heterocycles. The van der Waals surface area contributed by atoms with Gasteiger partial charge < -0.3 is 4.74 Å². The molecule has 0 N–H and O–H groups in total. The molecule has 0 aliphatic carbocycles. The Morgan fingerprint density at radius 1 is 1.00 bits per heavy atom. The van der Waals surface area contributed by atoms with Gasteiger partial charge in [-0.15, -0.1) is 0 Å². The minimum Gasteiger partial charge on any atom is -0.379 e. The minimum atomic E-state index is -0.200. The number of ether oxygens (including phenoxy) is 1. The largest absolute Gasteiger partial charge is 0.379 e. The first kappa shape index (κ1) is 16.9. The lowest BCUT2D eigenvalue weighted by Gasteiger charge is -2.34. The number of rotatable bonds is 5. The van der Waals surface area contributed by atoms with Crippen molar-refractivity contribution in [3.05, 3.63) is 72.1 Å². The molecular formula is C21H24FNO. The fourth-order valence-electron chi connectivity index (χ4n) is 3.19. The van der Waals surface area contributed by atoms with E-state index in [4.69, 9.17) is 4.74 Å². The van der Waals surface area contributed by atoms with E-state index in [0.29, 0.717) is 6.04 Å². The van der Waals surface area contributed by atoms with Crippen molar-refractivity contribution in [3.63, 3.8) is 0 Å². The van der Waals surface area contributed by atoms with Crippen molar-refractivity contribution < 1.29 is 9.13 Å². The van der Waals surface area contributed by atoms with Crippen LogP contribution in [0.15, 0.2) is 60.7 Å². The SMILES string of the molecule is C/C=C/CC(c1ccc(-c2ccc(F)cc2)cc1)N1CCOCC1. The van der Waals surface area contributed by atoms with Crippen LogP contribution >= 0.6 is 0 Å². The summed E-state index contributed by atoms with van der Waals surface area (Å²) in [5.41, 5.74) is 3.48. The molecule has 1 heterocycles. The van der Waals surface area contributed by atoms with E-state index in [9.17, 15) is 4.39 Å². The molecule has 1 saturated heterocycles. The molecule has 2 nitrogen and oxygen atoms in total. The maximum Gasteiger partial charge on any atom is 0.123 e. The van der Waals surface area contributed by atoms with E-state index in [0.717, 1.165) is 43.9 Å². The second-order valence-electron chi connectivity index (χ2n) is 6.10. The van der Waals surface area contributed by atoms with Gasteiger partial charge in [-0.3, -0.25) is 4.90 Å². The van der Waals surface area contributed by atoms with Crippen molar-refractivity contribution in [2.24, 2.45) is 0 Å². The molecule has 126 valence electrons. The molecular weight excluding hydrogens is 301 g/mol. The van der Waals surface area contributed by atoms with Gasteiger partial charge in [-0.05, 0) is 42.2 Å². The normalized spacial score (nSPS) is 17.2. The van der Waals surface area contributed by atoms with E-state index in [1.54, 1.807) is 0 Å². The summed E-state index contributed by atoms with van der Waals surface area (Å²) in [6.45, 7) is 5.62. The first-order chi connectivity index (χ1) is 11.8. The number of halogens is 1. The second-order valence-corrected chi connectivity index (χ2v) is 6.10. The number of benzene rings is 2. The Labute approximate surface area is 143 Å². The van der Waals surface area contributed by atoms with Crippen LogP contribution in [0.2, 0.25) is 0 Å². The predicted molar refractivity (Wildman–Crippen MR) is 96.4 cm³/mol. The number of nitrogens with zero attached hydrogens (tertiary/aromatic N) is 1. The highest BCUT2D eigenvalue weighted by atomic mass is 19.1. The van der Waals surface area contributed by atoms with Crippen LogP contribution < -0.4 is 0 Å². The van der Waals surface area contributed by atoms with E-state index in [1.165, 1.54) is 17.7 Å². The van der Waals surface area contributed by atoms with Crippen molar-refractivity contribution in [3.8, 4) is 11.1 Å². The number of allylic oxidation sites excluding steroid dienone is 1. The zero-order chi connectivity index (χ0) is 16.8. The summed E-state index contributed by atoms with van der Waals surface area (Å²) < 4.78 is 18.6. The van der Waals surface area contributed by atoms with E-state index in [2.05, 4.69) is 48.2 Å². The monoisotopic (exact) mass is 325 g/mol. The molecule has 0 saturated carbocycles. The summed E-state index contributed by atoms with van der Waals surface area (Å²) >= 11 is 0. The average molecular weight is 325 g/mol. The van der Waals surface area contributed by atoms with Crippen LogP contribution in [-0.2, 0) is 4.74 Å². The van der Waals surface area contributed by atoms with Crippen LogP contribution in [0, 0.1) is 5.82 Å². The van der Waals surface area contributed by atoms with Crippen LogP contribution in [0.3, 0.4) is 0 Å². The molecule has 3 rings (SSSR count). The van der Waals surface area contributed by atoms with Gasteiger partial charge in [-0.1, -0.05) is 48.6 Å². The van der Waals surface area contributed by atoms with Gasteiger partial charge in [0.2, 0.25) is 0 Å². The van der Waals surface area contributed by atoms with Gasteiger partial charge in [0.05, 0.1) is 13.2 Å². The Morgan fingerprint density at radius 3 is 2.17 bits per heavy atom. The van der Waals surface area contributed by atoms with Gasteiger partial charge in [0.1, 0.15) is 5.82 Å². The summed E-state index contributed by atoms with van der Waals surface area (Å²) in [6, 6.07) is 15.7. The van der Waals surface area contributed by atoms with Gasteiger partial charge in [-0.2, -0.15) is 0 Å². The summed E-state index contributed by atoms with van der Waals surface area (Å²) in [4.78, 5) is 2.50. The molecule has 1 aliphatic rings. The maximum absolute atomic E-state index is 13.1. The standard InChI is InChI=1S/C21H24FNO/c1-2-3-4-21(23-13-15-24-16-14-23)19-7-5-17(6-8-19)18-9-11-20(22)12-10-18/h2-3,5-12,21H,4,13-16H2,1H3/b3-2+. The van der Waals surface area contributed by atoms with E-state index in [1.807, 2.05) is 12.1 Å². The predicted octanol–water partition coefficient (Wildman–Crippen LogP) is 4.83. The fourth-order valence-corrected chi connectivity index (χ4v) is 3.19.